The topological polar surface area (TPSA) is 82.2 Å². The van der Waals surface area contributed by atoms with Gasteiger partial charge in [-0.05, 0) is 62.3 Å². The van der Waals surface area contributed by atoms with Crippen LogP contribution in [0.2, 0.25) is 0 Å². The Labute approximate surface area is 146 Å². The molecule has 0 aliphatic heterocycles. The highest BCUT2D eigenvalue weighted by atomic mass is 16.3. The van der Waals surface area contributed by atoms with Gasteiger partial charge in [0.1, 0.15) is 5.60 Å². The number of anilines is 1. The van der Waals surface area contributed by atoms with Gasteiger partial charge in [0, 0.05) is 23.2 Å². The third-order valence-corrected chi connectivity index (χ3v) is 5.25. The molecule has 1 aromatic heterocycles. The second kappa shape index (κ2) is 5.56. The van der Waals surface area contributed by atoms with Crippen molar-refractivity contribution in [2.45, 2.75) is 51.6 Å². The first-order valence-corrected chi connectivity index (χ1v) is 8.79. The number of hydrogen-bond acceptors (Lipinski definition) is 3. The SMILES string of the molecule is CC(C)(O)C(=O)Nc1cccc2c1Cc1c-2[nH]c(=O)c2c1CCCC2. The number of carbonyl (C=O) groups is 1. The van der Waals surface area contributed by atoms with Crippen molar-refractivity contribution in [1.29, 1.82) is 0 Å². The van der Waals surface area contributed by atoms with Gasteiger partial charge in [0.25, 0.3) is 11.5 Å². The Hall–Kier alpha value is -2.40. The van der Waals surface area contributed by atoms with Crippen LogP contribution in [0.1, 0.15) is 48.9 Å². The minimum atomic E-state index is -1.44. The number of benzene rings is 1. The lowest BCUT2D eigenvalue weighted by molar-refractivity contribution is -0.130. The van der Waals surface area contributed by atoms with E-state index in [2.05, 4.69) is 10.3 Å². The van der Waals surface area contributed by atoms with Crippen molar-refractivity contribution < 1.29 is 9.90 Å². The molecule has 0 bridgehead atoms. The van der Waals surface area contributed by atoms with Gasteiger partial charge in [-0.15, -0.1) is 0 Å². The van der Waals surface area contributed by atoms with Crippen LogP contribution in [0.4, 0.5) is 5.69 Å². The number of pyridine rings is 1. The summed E-state index contributed by atoms with van der Waals surface area (Å²) in [4.78, 5) is 27.7. The van der Waals surface area contributed by atoms with Crippen molar-refractivity contribution in [3.8, 4) is 11.3 Å². The molecule has 130 valence electrons. The van der Waals surface area contributed by atoms with Crippen molar-refractivity contribution in [1.82, 2.24) is 4.98 Å². The van der Waals surface area contributed by atoms with Crippen LogP contribution in [-0.4, -0.2) is 21.6 Å². The number of amides is 1. The van der Waals surface area contributed by atoms with E-state index in [4.69, 9.17) is 0 Å². The van der Waals surface area contributed by atoms with Crippen LogP contribution in [0, 0.1) is 0 Å². The van der Waals surface area contributed by atoms with Gasteiger partial charge < -0.3 is 15.4 Å². The zero-order valence-corrected chi connectivity index (χ0v) is 14.5. The van der Waals surface area contributed by atoms with Crippen LogP contribution in [-0.2, 0) is 24.1 Å². The molecule has 2 aromatic rings. The average molecular weight is 338 g/mol. The summed E-state index contributed by atoms with van der Waals surface area (Å²) < 4.78 is 0. The van der Waals surface area contributed by atoms with E-state index >= 15 is 0 Å². The molecule has 1 heterocycles. The van der Waals surface area contributed by atoms with Crippen molar-refractivity contribution in [3.05, 3.63) is 50.8 Å². The molecule has 5 nitrogen and oxygen atoms in total. The van der Waals surface area contributed by atoms with E-state index in [1.54, 1.807) is 0 Å². The summed E-state index contributed by atoms with van der Waals surface area (Å²) >= 11 is 0. The largest absolute Gasteiger partial charge is 0.381 e. The standard InChI is InChI=1S/C20H22N2O3/c1-20(2,25)19(24)21-16-9-5-8-12-14(16)10-15-11-6-3-4-7-13(11)18(23)22-17(12)15/h5,8-9,25H,3-4,6-7,10H2,1-2H3,(H,21,24)(H,22,23). The molecule has 0 fully saturated rings. The monoisotopic (exact) mass is 338 g/mol. The molecule has 25 heavy (non-hydrogen) atoms. The molecule has 0 radical (unpaired) electrons. The zero-order chi connectivity index (χ0) is 17.8. The van der Waals surface area contributed by atoms with Gasteiger partial charge >= 0.3 is 0 Å². The van der Waals surface area contributed by atoms with Crippen molar-refractivity contribution in [2.24, 2.45) is 0 Å². The molecule has 5 heteroatoms. The van der Waals surface area contributed by atoms with Gasteiger partial charge in [-0.2, -0.15) is 0 Å². The normalized spacial score (nSPS) is 15.3. The first kappa shape index (κ1) is 16.1. The third kappa shape index (κ3) is 2.59. The quantitative estimate of drug-likeness (QED) is 0.671. The Morgan fingerprint density at radius 3 is 2.56 bits per heavy atom. The van der Waals surface area contributed by atoms with E-state index < -0.39 is 11.5 Å². The number of aliphatic hydroxyl groups is 1. The summed E-state index contributed by atoms with van der Waals surface area (Å²) in [7, 11) is 0. The molecule has 1 aromatic carbocycles. The van der Waals surface area contributed by atoms with E-state index in [1.165, 1.54) is 25.0 Å². The van der Waals surface area contributed by atoms with Crippen LogP contribution in [0.25, 0.3) is 11.3 Å². The summed E-state index contributed by atoms with van der Waals surface area (Å²) in [6.45, 7) is 2.93. The molecule has 4 rings (SSSR count). The fourth-order valence-electron chi connectivity index (χ4n) is 3.91. The highest BCUT2D eigenvalue weighted by Gasteiger charge is 2.30. The van der Waals surface area contributed by atoms with E-state index in [-0.39, 0.29) is 5.56 Å². The first-order valence-electron chi connectivity index (χ1n) is 8.79. The maximum Gasteiger partial charge on any atom is 0.255 e. The molecule has 0 atom stereocenters. The molecule has 0 unspecified atom stereocenters. The Morgan fingerprint density at radius 2 is 1.84 bits per heavy atom. The summed E-state index contributed by atoms with van der Waals surface area (Å²) in [6.07, 6.45) is 4.67. The lowest BCUT2D eigenvalue weighted by atomic mass is 9.88. The Balaban J connectivity index is 1.81. The van der Waals surface area contributed by atoms with E-state index in [1.807, 2.05) is 18.2 Å². The smallest absolute Gasteiger partial charge is 0.255 e. The average Bonchev–Trinajstić information content (AvgIpc) is 2.94. The second-order valence-electron chi connectivity index (χ2n) is 7.49. The molecule has 3 N–H and O–H groups in total. The zero-order valence-electron chi connectivity index (χ0n) is 14.5. The lowest BCUT2D eigenvalue weighted by Crippen LogP contribution is -2.36. The van der Waals surface area contributed by atoms with E-state index in [0.717, 1.165) is 48.1 Å². The van der Waals surface area contributed by atoms with Gasteiger partial charge in [0.2, 0.25) is 0 Å². The maximum atomic E-state index is 12.5. The summed E-state index contributed by atoms with van der Waals surface area (Å²) in [5.74, 6) is -0.438. The number of aromatic nitrogens is 1. The number of carbonyl (C=O) groups excluding carboxylic acids is 1. The van der Waals surface area contributed by atoms with E-state index in [9.17, 15) is 14.7 Å². The minimum Gasteiger partial charge on any atom is -0.381 e. The van der Waals surface area contributed by atoms with E-state index in [0.29, 0.717) is 12.1 Å². The Bertz CT molecular complexity index is 935. The van der Waals surface area contributed by atoms with Gasteiger partial charge in [0.05, 0.1) is 5.69 Å². The molecule has 0 spiro atoms. The highest BCUT2D eigenvalue weighted by molar-refractivity contribution is 5.98. The van der Waals surface area contributed by atoms with Crippen LogP contribution >= 0.6 is 0 Å². The number of hydrogen-bond donors (Lipinski definition) is 3. The summed E-state index contributed by atoms with van der Waals surface area (Å²) in [5.41, 5.74) is 5.45. The molecular formula is C20H22N2O3. The molecule has 1 amide bonds. The number of fused-ring (bicyclic) bond motifs is 5. The number of aromatic amines is 1. The van der Waals surface area contributed by atoms with Gasteiger partial charge in [-0.1, -0.05) is 12.1 Å². The summed E-state index contributed by atoms with van der Waals surface area (Å²) in [5, 5.41) is 12.7. The summed E-state index contributed by atoms with van der Waals surface area (Å²) in [6, 6.07) is 5.69. The first-order chi connectivity index (χ1) is 11.9. The maximum absolute atomic E-state index is 12.5. The number of H-pyrrole nitrogens is 1. The van der Waals surface area contributed by atoms with Gasteiger partial charge in [0.15, 0.2) is 0 Å². The van der Waals surface area contributed by atoms with Gasteiger partial charge in [-0.3, -0.25) is 9.59 Å². The second-order valence-corrected chi connectivity index (χ2v) is 7.49. The number of nitrogens with one attached hydrogen (secondary N) is 2. The Kier molecular flexibility index (Phi) is 3.58. The highest BCUT2D eigenvalue weighted by Crippen LogP contribution is 2.41. The van der Waals surface area contributed by atoms with Gasteiger partial charge in [-0.25, -0.2) is 0 Å². The fourth-order valence-corrected chi connectivity index (χ4v) is 3.91. The minimum absolute atomic E-state index is 0.0206. The van der Waals surface area contributed by atoms with Crippen LogP contribution in [0.3, 0.4) is 0 Å². The molecular weight excluding hydrogens is 316 g/mol. The number of rotatable bonds is 2. The molecule has 0 saturated carbocycles. The predicted molar refractivity (Wildman–Crippen MR) is 96.9 cm³/mol. The Morgan fingerprint density at radius 1 is 1.12 bits per heavy atom. The molecule has 0 saturated heterocycles. The predicted octanol–water partition coefficient (Wildman–Crippen LogP) is 2.53. The van der Waals surface area contributed by atoms with Crippen LogP contribution in [0.15, 0.2) is 23.0 Å². The molecule has 2 aliphatic rings. The van der Waals surface area contributed by atoms with Crippen molar-refractivity contribution >= 4 is 11.6 Å². The fraction of sp³-hybridized carbons (Fsp3) is 0.400. The molecule has 2 aliphatic carbocycles. The third-order valence-electron chi connectivity index (χ3n) is 5.25. The lowest BCUT2D eigenvalue weighted by Gasteiger charge is -2.18. The van der Waals surface area contributed by atoms with Crippen molar-refractivity contribution in [2.75, 3.05) is 5.32 Å². The van der Waals surface area contributed by atoms with Crippen LogP contribution < -0.4 is 10.9 Å². The van der Waals surface area contributed by atoms with Crippen LogP contribution in [0.5, 0.6) is 0 Å². The van der Waals surface area contributed by atoms with Crippen molar-refractivity contribution in [3.63, 3.8) is 0 Å².